The fraction of sp³-hybridized carbons (Fsp3) is 0.158. The Bertz CT molecular complexity index is 1170. The zero-order valence-electron chi connectivity index (χ0n) is 13.3. The third-order valence-electron chi connectivity index (χ3n) is 4.19. The molecular weight excluding hydrogens is 304 g/mol. The lowest BCUT2D eigenvalue weighted by Crippen LogP contribution is -2.22. The zero-order valence-corrected chi connectivity index (χ0v) is 14.1. The smallest absolute Gasteiger partial charge is 0.267 e. The summed E-state index contributed by atoms with van der Waals surface area (Å²) in [5.41, 5.74) is 6.40. The molecule has 0 spiro atoms. The van der Waals surface area contributed by atoms with Crippen molar-refractivity contribution in [2.45, 2.75) is 20.8 Å². The number of aryl methyl sites for hydroxylation is 3. The third kappa shape index (κ3) is 2.26. The van der Waals surface area contributed by atoms with Gasteiger partial charge in [0, 0.05) is 0 Å². The Kier molecular flexibility index (Phi) is 3.10. The van der Waals surface area contributed by atoms with E-state index >= 15 is 0 Å². The molecule has 0 unspecified atom stereocenters. The summed E-state index contributed by atoms with van der Waals surface area (Å²) in [6.45, 7) is 6.18. The van der Waals surface area contributed by atoms with Gasteiger partial charge in [0.15, 0.2) is 4.96 Å². The van der Waals surface area contributed by atoms with Crippen molar-refractivity contribution in [2.75, 3.05) is 0 Å². The highest BCUT2D eigenvalue weighted by Gasteiger charge is 2.12. The first-order valence-corrected chi connectivity index (χ1v) is 8.35. The molecule has 114 valence electrons. The van der Waals surface area contributed by atoms with E-state index in [2.05, 4.69) is 44.0 Å². The summed E-state index contributed by atoms with van der Waals surface area (Å²) in [6.07, 6.45) is 1.95. The van der Waals surface area contributed by atoms with E-state index in [9.17, 15) is 4.79 Å². The normalized spacial score (nSPS) is 12.6. The second kappa shape index (κ2) is 5.03. The number of benzene rings is 2. The number of hydrogen-bond donors (Lipinski definition) is 0. The first-order valence-electron chi connectivity index (χ1n) is 7.53. The van der Waals surface area contributed by atoms with Gasteiger partial charge in [-0.1, -0.05) is 41.2 Å². The SMILES string of the molecule is Cc1cccc(/C=c2/sc3nc4cc(C)c(C)cc4n3c2=O)c1. The fourth-order valence-electron chi connectivity index (χ4n) is 2.83. The van der Waals surface area contributed by atoms with Crippen molar-refractivity contribution >= 4 is 33.4 Å². The van der Waals surface area contributed by atoms with Crippen LogP contribution in [0.15, 0.2) is 41.2 Å². The van der Waals surface area contributed by atoms with Crippen LogP contribution in [0, 0.1) is 20.8 Å². The largest absolute Gasteiger partial charge is 0.274 e. The first-order chi connectivity index (χ1) is 11.0. The van der Waals surface area contributed by atoms with E-state index < -0.39 is 0 Å². The molecule has 0 aliphatic heterocycles. The Balaban J connectivity index is 2.02. The zero-order chi connectivity index (χ0) is 16.1. The van der Waals surface area contributed by atoms with Gasteiger partial charge in [0.1, 0.15) is 0 Å². The molecule has 0 saturated carbocycles. The van der Waals surface area contributed by atoms with Crippen LogP contribution in [0.3, 0.4) is 0 Å². The van der Waals surface area contributed by atoms with Crippen LogP contribution in [0.5, 0.6) is 0 Å². The summed E-state index contributed by atoms with van der Waals surface area (Å²) in [4.78, 5) is 18.2. The van der Waals surface area contributed by atoms with Crippen molar-refractivity contribution in [3.05, 3.63) is 73.5 Å². The molecule has 0 bridgehead atoms. The predicted molar refractivity (Wildman–Crippen MR) is 96.3 cm³/mol. The van der Waals surface area contributed by atoms with Gasteiger partial charge in [0.2, 0.25) is 0 Å². The minimum absolute atomic E-state index is 0.0114. The number of imidazole rings is 1. The average Bonchev–Trinajstić information content (AvgIpc) is 2.97. The molecule has 0 aliphatic carbocycles. The quantitative estimate of drug-likeness (QED) is 0.539. The van der Waals surface area contributed by atoms with Crippen molar-refractivity contribution in [1.82, 2.24) is 9.38 Å². The van der Waals surface area contributed by atoms with Crippen LogP contribution in [0.4, 0.5) is 0 Å². The molecule has 2 aromatic carbocycles. The van der Waals surface area contributed by atoms with Crippen LogP contribution in [-0.2, 0) is 0 Å². The summed E-state index contributed by atoms with van der Waals surface area (Å²) in [7, 11) is 0. The standard InChI is InChI=1S/C19H16N2OS/c1-11-5-4-6-14(7-11)10-17-18(22)21-16-9-13(3)12(2)8-15(16)20-19(21)23-17/h4-10H,1-3H3/b17-10+. The van der Waals surface area contributed by atoms with E-state index in [0.29, 0.717) is 0 Å². The predicted octanol–water partition coefficient (Wildman–Crippen LogP) is 3.38. The van der Waals surface area contributed by atoms with Crippen LogP contribution in [0.25, 0.3) is 22.1 Å². The average molecular weight is 320 g/mol. The Morgan fingerprint density at radius 1 is 1.09 bits per heavy atom. The van der Waals surface area contributed by atoms with E-state index in [0.717, 1.165) is 26.1 Å². The summed E-state index contributed by atoms with van der Waals surface area (Å²) in [5.74, 6) is 0. The van der Waals surface area contributed by atoms with Gasteiger partial charge in [-0.15, -0.1) is 0 Å². The minimum atomic E-state index is 0.0114. The van der Waals surface area contributed by atoms with E-state index in [1.807, 2.05) is 24.3 Å². The first kappa shape index (κ1) is 14.2. The van der Waals surface area contributed by atoms with Gasteiger partial charge in [0.25, 0.3) is 5.56 Å². The molecule has 0 fully saturated rings. The highest BCUT2D eigenvalue weighted by molar-refractivity contribution is 7.15. The number of hydrogen-bond acceptors (Lipinski definition) is 3. The number of rotatable bonds is 1. The number of thiazole rings is 1. The lowest BCUT2D eigenvalue weighted by Gasteiger charge is -1.98. The highest BCUT2D eigenvalue weighted by atomic mass is 32.1. The molecule has 2 heterocycles. The number of nitrogens with zero attached hydrogens (tertiary/aromatic N) is 2. The molecule has 0 saturated heterocycles. The maximum atomic E-state index is 12.8. The van der Waals surface area contributed by atoms with Gasteiger partial charge in [-0.05, 0) is 55.7 Å². The molecule has 0 atom stereocenters. The molecule has 4 heteroatoms. The van der Waals surface area contributed by atoms with Crippen molar-refractivity contribution in [1.29, 1.82) is 0 Å². The van der Waals surface area contributed by atoms with Gasteiger partial charge in [-0.25, -0.2) is 9.38 Å². The van der Waals surface area contributed by atoms with Gasteiger partial charge in [-0.3, -0.25) is 4.79 Å². The Morgan fingerprint density at radius 3 is 2.65 bits per heavy atom. The number of fused-ring (bicyclic) bond motifs is 3. The van der Waals surface area contributed by atoms with Crippen molar-refractivity contribution < 1.29 is 0 Å². The van der Waals surface area contributed by atoms with Crippen LogP contribution >= 0.6 is 11.3 Å². The van der Waals surface area contributed by atoms with Gasteiger partial charge < -0.3 is 0 Å². The Hall–Kier alpha value is -2.46. The topological polar surface area (TPSA) is 34.4 Å². The molecule has 0 N–H and O–H groups in total. The summed E-state index contributed by atoms with van der Waals surface area (Å²) >= 11 is 1.45. The monoisotopic (exact) mass is 320 g/mol. The second-order valence-corrected chi connectivity index (χ2v) is 6.99. The minimum Gasteiger partial charge on any atom is -0.267 e. The van der Waals surface area contributed by atoms with Gasteiger partial charge in [0.05, 0.1) is 15.6 Å². The van der Waals surface area contributed by atoms with Crippen molar-refractivity contribution in [3.63, 3.8) is 0 Å². The molecule has 23 heavy (non-hydrogen) atoms. The van der Waals surface area contributed by atoms with Crippen molar-refractivity contribution in [2.24, 2.45) is 0 Å². The highest BCUT2D eigenvalue weighted by Crippen LogP contribution is 2.20. The third-order valence-corrected chi connectivity index (χ3v) is 5.16. The molecule has 0 radical (unpaired) electrons. The van der Waals surface area contributed by atoms with E-state index in [1.165, 1.54) is 28.0 Å². The number of aromatic nitrogens is 2. The van der Waals surface area contributed by atoms with Crippen LogP contribution in [0.1, 0.15) is 22.3 Å². The van der Waals surface area contributed by atoms with Crippen LogP contribution in [-0.4, -0.2) is 9.38 Å². The van der Waals surface area contributed by atoms with Crippen LogP contribution in [0.2, 0.25) is 0 Å². The van der Waals surface area contributed by atoms with Gasteiger partial charge in [-0.2, -0.15) is 0 Å². The molecular formula is C19H16N2OS. The molecule has 0 aliphatic rings. The Labute approximate surface area is 137 Å². The Morgan fingerprint density at radius 2 is 1.87 bits per heavy atom. The second-order valence-electron chi connectivity index (χ2n) is 5.98. The van der Waals surface area contributed by atoms with E-state index in [1.54, 1.807) is 4.40 Å². The molecule has 4 rings (SSSR count). The maximum absolute atomic E-state index is 12.8. The molecule has 4 aromatic rings. The van der Waals surface area contributed by atoms with Gasteiger partial charge >= 0.3 is 0 Å². The lowest BCUT2D eigenvalue weighted by atomic mass is 10.1. The molecule has 2 aromatic heterocycles. The maximum Gasteiger partial charge on any atom is 0.274 e. The summed E-state index contributed by atoms with van der Waals surface area (Å²) in [5, 5.41) is 0. The summed E-state index contributed by atoms with van der Waals surface area (Å²) in [6, 6.07) is 12.2. The molecule has 3 nitrogen and oxygen atoms in total. The van der Waals surface area contributed by atoms with Crippen LogP contribution < -0.4 is 10.1 Å². The van der Waals surface area contributed by atoms with Crippen molar-refractivity contribution in [3.8, 4) is 0 Å². The lowest BCUT2D eigenvalue weighted by molar-refractivity contribution is 1.18. The summed E-state index contributed by atoms with van der Waals surface area (Å²) < 4.78 is 2.45. The molecule has 0 amide bonds. The van der Waals surface area contributed by atoms with E-state index in [4.69, 9.17) is 0 Å². The fourth-order valence-corrected chi connectivity index (χ4v) is 3.82. The van der Waals surface area contributed by atoms with E-state index in [-0.39, 0.29) is 5.56 Å².